The van der Waals surface area contributed by atoms with Crippen molar-refractivity contribution in [1.29, 1.82) is 0 Å². The fraction of sp³-hybridized carbons (Fsp3) is 0.0556. The van der Waals surface area contributed by atoms with Gasteiger partial charge in [-0.3, -0.25) is 0 Å². The maximum atomic E-state index is 14.0. The van der Waals surface area contributed by atoms with E-state index in [-0.39, 0.29) is 0 Å². The monoisotopic (exact) mass is 648 g/mol. The zero-order chi connectivity index (χ0) is 28.7. The predicted molar refractivity (Wildman–Crippen MR) is 165 cm³/mol. The van der Waals surface area contributed by atoms with Gasteiger partial charge in [0.2, 0.25) is 0 Å². The first-order chi connectivity index (χ1) is 19.9. The molecule has 0 heterocycles. The third kappa shape index (κ3) is 5.95. The summed E-state index contributed by atoms with van der Waals surface area (Å²) in [6.45, 7) is 3.73. The van der Waals surface area contributed by atoms with Crippen molar-refractivity contribution in [3.63, 3.8) is 0 Å². The molecule has 0 aromatic heterocycles. The van der Waals surface area contributed by atoms with E-state index < -0.39 is 30.2 Å². The SMILES string of the molecule is C/C(=C\C(=O)[O][Sb]([O]C(=O)/C=C(\C)[C]1[CH][CH][CH][CH]1)([c]1ccccc1)([c]1ccccc1)[c]1ccccc1)[C]1[CH][CH][CH][CH]1. The molecule has 2 fully saturated rings. The molecule has 204 valence electrons. The second-order valence-electron chi connectivity index (χ2n) is 9.79. The van der Waals surface area contributed by atoms with E-state index in [2.05, 4.69) is 0 Å². The molecular weight excluding hydrogens is 618 g/mol. The molecule has 2 aliphatic carbocycles. The molecule has 41 heavy (non-hydrogen) atoms. The van der Waals surface area contributed by atoms with Crippen LogP contribution in [-0.2, 0) is 15.6 Å². The summed E-state index contributed by atoms with van der Waals surface area (Å²) in [7, 11) is 0. The Kier molecular flexibility index (Phi) is 9.19. The zero-order valence-corrected chi connectivity index (χ0v) is 25.6. The summed E-state index contributed by atoms with van der Waals surface area (Å²) in [5.74, 6) is 0.679. The van der Waals surface area contributed by atoms with Crippen molar-refractivity contribution in [2.45, 2.75) is 13.8 Å². The van der Waals surface area contributed by atoms with Crippen LogP contribution in [0.15, 0.2) is 114 Å². The van der Waals surface area contributed by atoms with Gasteiger partial charge in [-0.15, -0.1) is 0 Å². The average Bonchev–Trinajstić information content (AvgIpc) is 3.74. The zero-order valence-electron chi connectivity index (χ0n) is 23.0. The average molecular weight is 649 g/mol. The Morgan fingerprint density at radius 1 is 0.512 bits per heavy atom. The van der Waals surface area contributed by atoms with E-state index in [0.717, 1.165) is 23.0 Å². The number of allylic oxidation sites excluding steroid dienone is 2. The van der Waals surface area contributed by atoms with Gasteiger partial charge in [0.25, 0.3) is 0 Å². The second-order valence-corrected chi connectivity index (χ2v) is 20.7. The van der Waals surface area contributed by atoms with Gasteiger partial charge in [-0.25, -0.2) is 0 Å². The van der Waals surface area contributed by atoms with Gasteiger partial charge in [0.15, 0.2) is 0 Å². The van der Waals surface area contributed by atoms with Crippen molar-refractivity contribution < 1.29 is 15.6 Å². The molecule has 2 aliphatic rings. The van der Waals surface area contributed by atoms with Crippen molar-refractivity contribution in [2.24, 2.45) is 0 Å². The number of carbonyl (C=O) groups is 2. The quantitative estimate of drug-likeness (QED) is 0.245. The van der Waals surface area contributed by atoms with Gasteiger partial charge < -0.3 is 0 Å². The van der Waals surface area contributed by atoms with E-state index in [9.17, 15) is 9.59 Å². The Morgan fingerprint density at radius 3 is 1.10 bits per heavy atom. The van der Waals surface area contributed by atoms with Crippen LogP contribution in [-0.4, -0.2) is 30.2 Å². The Bertz CT molecular complexity index is 1250. The Labute approximate surface area is 246 Å². The molecule has 4 nitrogen and oxygen atoms in total. The fourth-order valence-corrected chi connectivity index (χ4v) is 17.9. The molecule has 3 aromatic rings. The molecule has 0 saturated heterocycles. The summed E-state index contributed by atoms with van der Waals surface area (Å²) in [5.41, 5.74) is 1.50. The molecular formula is C36H31O4Sb. The molecule has 0 aliphatic heterocycles. The second kappa shape index (κ2) is 12.8. The molecule has 0 unspecified atom stereocenters. The minimum atomic E-state index is -5.93. The first-order valence-electron chi connectivity index (χ1n) is 13.4. The topological polar surface area (TPSA) is 52.6 Å². The third-order valence-corrected chi connectivity index (χ3v) is 20.7. The molecule has 0 atom stereocenters. The Morgan fingerprint density at radius 2 is 0.805 bits per heavy atom. The first kappa shape index (κ1) is 29.4. The van der Waals surface area contributed by atoms with Crippen LogP contribution in [0, 0.1) is 63.2 Å². The van der Waals surface area contributed by atoms with Crippen LogP contribution >= 0.6 is 0 Å². The van der Waals surface area contributed by atoms with Crippen molar-refractivity contribution in [2.75, 3.05) is 0 Å². The maximum absolute atomic E-state index is 14.0. The standard InChI is InChI=1S/2C9H9O2.3C6H5.Sb/c2*1-7(6-9(10)11)8-4-2-3-5-8;3*1-2-4-6-5-3-1;/h2*2-6H,1H3,(H,10,11);3*1-5H;/q;;;;;+2/p-2/b2*7-6+;;;;. The van der Waals surface area contributed by atoms with E-state index in [0.29, 0.717) is 10.5 Å². The van der Waals surface area contributed by atoms with E-state index in [4.69, 9.17) is 6.03 Å². The van der Waals surface area contributed by atoms with Crippen LogP contribution in [0.2, 0.25) is 0 Å². The van der Waals surface area contributed by atoms with Gasteiger partial charge in [0.1, 0.15) is 0 Å². The first-order valence-corrected chi connectivity index (χ1v) is 19.3. The van der Waals surface area contributed by atoms with E-state index >= 15 is 0 Å². The van der Waals surface area contributed by atoms with Gasteiger partial charge in [-0.2, -0.15) is 0 Å². The number of hydrogen-bond acceptors (Lipinski definition) is 4. The molecule has 0 bridgehead atoms. The van der Waals surface area contributed by atoms with E-state index in [1.807, 2.05) is 156 Å². The van der Waals surface area contributed by atoms with Crippen LogP contribution in [0.3, 0.4) is 0 Å². The van der Waals surface area contributed by atoms with Crippen LogP contribution in [0.5, 0.6) is 0 Å². The Balaban J connectivity index is 1.74. The summed E-state index contributed by atoms with van der Waals surface area (Å²) in [4.78, 5) is 28.0. The van der Waals surface area contributed by atoms with Gasteiger partial charge in [0.05, 0.1) is 0 Å². The molecule has 0 N–H and O–H groups in total. The fourth-order valence-electron chi connectivity index (χ4n) is 5.07. The summed E-state index contributed by atoms with van der Waals surface area (Å²) in [6, 6.07) is 28.3. The number of rotatable bonds is 9. The van der Waals surface area contributed by atoms with E-state index in [1.54, 1.807) is 0 Å². The van der Waals surface area contributed by atoms with Crippen molar-refractivity contribution in [3.05, 3.63) is 177 Å². The molecule has 0 amide bonds. The van der Waals surface area contributed by atoms with Crippen molar-refractivity contribution >= 4 is 40.7 Å². The van der Waals surface area contributed by atoms with Crippen molar-refractivity contribution in [1.82, 2.24) is 0 Å². The molecule has 5 rings (SSSR count). The molecule has 2 saturated carbocycles. The van der Waals surface area contributed by atoms with Gasteiger partial charge >= 0.3 is 248 Å². The van der Waals surface area contributed by atoms with Crippen LogP contribution < -0.4 is 10.5 Å². The minimum absolute atomic E-state index is 0.577. The summed E-state index contributed by atoms with van der Waals surface area (Å²) in [5, 5.41) is 0. The van der Waals surface area contributed by atoms with Crippen LogP contribution in [0.4, 0.5) is 0 Å². The molecule has 5 heteroatoms. The summed E-state index contributed by atoms with van der Waals surface area (Å²) < 4.78 is 15.6. The summed E-state index contributed by atoms with van der Waals surface area (Å²) >= 11 is -5.93. The molecule has 10 radical (unpaired) electrons. The van der Waals surface area contributed by atoms with Gasteiger partial charge in [-0.05, 0) is 0 Å². The van der Waals surface area contributed by atoms with Gasteiger partial charge in [-0.1, -0.05) is 0 Å². The molecule has 0 spiro atoms. The summed E-state index contributed by atoms with van der Waals surface area (Å²) in [6.07, 6.45) is 18.4. The third-order valence-electron chi connectivity index (χ3n) is 7.11. The predicted octanol–water partition coefficient (Wildman–Crippen LogP) is 4.89. The Hall–Kier alpha value is -3.10. The van der Waals surface area contributed by atoms with Crippen molar-refractivity contribution in [3.8, 4) is 0 Å². The number of carbonyl (C=O) groups excluding carboxylic acids is 2. The van der Waals surface area contributed by atoms with E-state index in [1.165, 1.54) is 12.2 Å². The normalized spacial score (nSPS) is 18.0. The van der Waals surface area contributed by atoms with Crippen LogP contribution in [0.1, 0.15) is 13.8 Å². The number of hydrogen-bond donors (Lipinski definition) is 0. The molecule has 3 aromatic carbocycles. The number of benzene rings is 3. The van der Waals surface area contributed by atoms with Crippen LogP contribution in [0.25, 0.3) is 0 Å². The van der Waals surface area contributed by atoms with Gasteiger partial charge in [0, 0.05) is 0 Å².